The molecule has 0 bridgehead atoms. The molecule has 6 heteroatoms. The van der Waals surface area contributed by atoms with E-state index in [4.69, 9.17) is 5.73 Å². The van der Waals surface area contributed by atoms with Crippen molar-refractivity contribution in [2.24, 2.45) is 10.7 Å². The van der Waals surface area contributed by atoms with Crippen LogP contribution < -0.4 is 11.1 Å². The molecule has 1 aliphatic rings. The summed E-state index contributed by atoms with van der Waals surface area (Å²) >= 11 is 0. The smallest absolute Gasteiger partial charge is 0.266 e. The number of rotatable bonds is 4. The van der Waals surface area contributed by atoms with E-state index in [0.29, 0.717) is 0 Å². The highest BCUT2D eigenvalue weighted by molar-refractivity contribution is 6.09. The first-order chi connectivity index (χ1) is 14.4. The van der Waals surface area contributed by atoms with Crippen LogP contribution in [0.2, 0.25) is 0 Å². The van der Waals surface area contributed by atoms with Crippen molar-refractivity contribution in [1.29, 1.82) is 0 Å². The van der Waals surface area contributed by atoms with Crippen LogP contribution in [-0.4, -0.2) is 29.7 Å². The largest absolute Gasteiger partial charge is 0.369 e. The summed E-state index contributed by atoms with van der Waals surface area (Å²) in [5.41, 5.74) is 8.97. The van der Waals surface area contributed by atoms with Gasteiger partial charge in [-0.3, -0.25) is 14.5 Å². The topological polar surface area (TPSA) is 87.8 Å². The number of hydrogen-bond acceptors (Lipinski definition) is 4. The van der Waals surface area contributed by atoms with Crippen LogP contribution >= 0.6 is 0 Å². The summed E-state index contributed by atoms with van der Waals surface area (Å²) < 4.78 is 0. The number of benzene rings is 3. The van der Waals surface area contributed by atoms with E-state index in [1.165, 1.54) is 11.8 Å². The number of hydrogen-bond donors (Lipinski definition) is 2. The van der Waals surface area contributed by atoms with Crippen LogP contribution in [0.3, 0.4) is 0 Å². The van der Waals surface area contributed by atoms with Crippen LogP contribution in [0.5, 0.6) is 0 Å². The lowest BCUT2D eigenvalue weighted by molar-refractivity contribution is -0.129. The zero-order valence-corrected chi connectivity index (χ0v) is 16.8. The van der Waals surface area contributed by atoms with Crippen LogP contribution in [0.25, 0.3) is 11.1 Å². The molecule has 1 atom stereocenters. The Labute approximate surface area is 175 Å². The van der Waals surface area contributed by atoms with E-state index in [1.807, 2.05) is 78.9 Å². The molecular weight excluding hydrogens is 376 g/mol. The molecule has 150 valence electrons. The average molecular weight is 398 g/mol. The van der Waals surface area contributed by atoms with E-state index in [1.54, 1.807) is 7.05 Å². The van der Waals surface area contributed by atoms with Gasteiger partial charge in [-0.05, 0) is 40.5 Å². The summed E-state index contributed by atoms with van der Waals surface area (Å²) in [7, 11) is 1.64. The number of aliphatic imine (C=N–C) groups is 1. The molecule has 4 rings (SSSR count). The second-order valence-corrected chi connectivity index (χ2v) is 7.25. The van der Waals surface area contributed by atoms with Crippen molar-refractivity contribution < 1.29 is 9.59 Å². The van der Waals surface area contributed by atoms with Crippen LogP contribution in [0.1, 0.15) is 18.1 Å². The van der Waals surface area contributed by atoms with Crippen molar-refractivity contribution in [3.05, 3.63) is 90.0 Å². The predicted octanol–water partition coefficient (Wildman–Crippen LogP) is 3.34. The van der Waals surface area contributed by atoms with Gasteiger partial charge in [-0.25, -0.2) is 4.99 Å². The van der Waals surface area contributed by atoms with Crippen molar-refractivity contribution >= 4 is 23.5 Å². The fourth-order valence-electron chi connectivity index (χ4n) is 3.74. The van der Waals surface area contributed by atoms with Crippen molar-refractivity contribution in [3.63, 3.8) is 0 Å². The summed E-state index contributed by atoms with van der Waals surface area (Å²) in [6.07, 6.45) is 0. The first-order valence-electron chi connectivity index (χ1n) is 9.59. The van der Waals surface area contributed by atoms with E-state index in [-0.39, 0.29) is 17.8 Å². The van der Waals surface area contributed by atoms with Gasteiger partial charge in [-0.2, -0.15) is 0 Å². The van der Waals surface area contributed by atoms with E-state index in [2.05, 4.69) is 10.3 Å². The first kappa shape index (κ1) is 19.4. The summed E-state index contributed by atoms with van der Waals surface area (Å²) in [5, 5.41) is 2.76. The molecule has 3 N–H and O–H groups in total. The Hall–Kier alpha value is -3.93. The third kappa shape index (κ3) is 3.22. The number of amides is 2. The maximum atomic E-state index is 13.3. The second kappa shape index (κ2) is 7.48. The summed E-state index contributed by atoms with van der Waals surface area (Å²) in [6.45, 7) is 1.47. The molecule has 2 amide bonds. The van der Waals surface area contributed by atoms with E-state index in [9.17, 15) is 9.59 Å². The summed E-state index contributed by atoms with van der Waals surface area (Å²) in [4.78, 5) is 30.6. The Morgan fingerprint density at radius 3 is 2.20 bits per heavy atom. The molecule has 0 spiro atoms. The molecular formula is C24H22N4O2. The molecule has 30 heavy (non-hydrogen) atoms. The first-order valence-corrected chi connectivity index (χ1v) is 9.59. The van der Waals surface area contributed by atoms with Crippen LogP contribution in [-0.2, 0) is 15.1 Å². The third-order valence-corrected chi connectivity index (χ3v) is 5.25. The van der Waals surface area contributed by atoms with Gasteiger partial charge in [0.05, 0.1) is 0 Å². The number of nitrogens with two attached hydrogens (primary N) is 1. The Kier molecular flexibility index (Phi) is 4.83. The van der Waals surface area contributed by atoms with Crippen molar-refractivity contribution in [1.82, 2.24) is 4.90 Å². The molecule has 0 radical (unpaired) electrons. The van der Waals surface area contributed by atoms with Gasteiger partial charge in [-0.15, -0.1) is 0 Å². The molecule has 1 heterocycles. The van der Waals surface area contributed by atoms with Gasteiger partial charge >= 0.3 is 0 Å². The van der Waals surface area contributed by atoms with Crippen molar-refractivity contribution in [3.8, 4) is 11.1 Å². The highest BCUT2D eigenvalue weighted by atomic mass is 16.2. The molecule has 0 aromatic heterocycles. The lowest BCUT2D eigenvalue weighted by atomic mass is 9.82. The van der Waals surface area contributed by atoms with Crippen LogP contribution in [0, 0.1) is 0 Å². The predicted molar refractivity (Wildman–Crippen MR) is 118 cm³/mol. The molecule has 1 unspecified atom stereocenters. The van der Waals surface area contributed by atoms with Gasteiger partial charge < -0.3 is 11.1 Å². The Bertz CT molecular complexity index is 1140. The standard InChI is InChI=1S/C24H22N4O2/c1-16(29)26-21-13-11-17(12-14-21)18-7-6-10-20(15-18)24(19-8-4-3-5-9-19)22(30)28(2)23(25)27-24/h3-15H,1-2H3,(H2,25,27)(H,26,29). The fourth-order valence-corrected chi connectivity index (χ4v) is 3.74. The van der Waals surface area contributed by atoms with Gasteiger partial charge in [0.2, 0.25) is 5.91 Å². The van der Waals surface area contributed by atoms with Crippen LogP contribution in [0.4, 0.5) is 5.69 Å². The second-order valence-electron chi connectivity index (χ2n) is 7.25. The molecule has 6 nitrogen and oxygen atoms in total. The zero-order chi connectivity index (χ0) is 21.3. The maximum Gasteiger partial charge on any atom is 0.266 e. The fraction of sp³-hybridized carbons (Fsp3) is 0.125. The Morgan fingerprint density at radius 2 is 1.60 bits per heavy atom. The molecule has 1 aliphatic heterocycles. The van der Waals surface area contributed by atoms with Gasteiger partial charge in [0.1, 0.15) is 0 Å². The Balaban J connectivity index is 1.81. The SMILES string of the molecule is CC(=O)Nc1ccc(-c2cccc(C3(c4ccccc4)N=C(N)N(C)C3=O)c2)cc1. The van der Waals surface area contributed by atoms with E-state index >= 15 is 0 Å². The monoisotopic (exact) mass is 398 g/mol. The number of guanidine groups is 1. The van der Waals surface area contributed by atoms with Gasteiger partial charge in [-0.1, -0.05) is 60.7 Å². The number of likely N-dealkylation sites (N-methyl/N-ethyl adjacent to an activating group) is 1. The van der Waals surface area contributed by atoms with Gasteiger partial charge in [0.15, 0.2) is 11.5 Å². The minimum atomic E-state index is -1.22. The number of nitrogens with one attached hydrogen (secondary N) is 1. The maximum absolute atomic E-state index is 13.3. The zero-order valence-electron chi connectivity index (χ0n) is 16.8. The quantitative estimate of drug-likeness (QED) is 0.707. The minimum absolute atomic E-state index is 0.117. The van der Waals surface area contributed by atoms with Gasteiger partial charge in [0, 0.05) is 19.7 Å². The molecule has 0 saturated heterocycles. The lowest BCUT2D eigenvalue weighted by Gasteiger charge is -2.26. The minimum Gasteiger partial charge on any atom is -0.369 e. The van der Waals surface area contributed by atoms with Crippen LogP contribution in [0.15, 0.2) is 83.9 Å². The number of anilines is 1. The van der Waals surface area contributed by atoms with Crippen molar-refractivity contribution in [2.45, 2.75) is 12.5 Å². The summed E-state index contributed by atoms with van der Waals surface area (Å²) in [5.74, 6) is -0.118. The molecule has 0 fully saturated rings. The van der Waals surface area contributed by atoms with E-state index in [0.717, 1.165) is 27.9 Å². The van der Waals surface area contributed by atoms with E-state index < -0.39 is 5.54 Å². The highest BCUT2D eigenvalue weighted by Gasteiger charge is 2.49. The normalized spacial score (nSPS) is 18.3. The Morgan fingerprint density at radius 1 is 0.933 bits per heavy atom. The number of carbonyl (C=O) groups is 2. The summed E-state index contributed by atoms with van der Waals surface area (Å²) in [6, 6.07) is 24.8. The number of carbonyl (C=O) groups excluding carboxylic acids is 2. The highest BCUT2D eigenvalue weighted by Crippen LogP contribution is 2.40. The van der Waals surface area contributed by atoms with Crippen molar-refractivity contribution in [2.75, 3.05) is 12.4 Å². The van der Waals surface area contributed by atoms with Gasteiger partial charge in [0.25, 0.3) is 5.91 Å². The number of nitrogens with zero attached hydrogens (tertiary/aromatic N) is 2. The molecule has 3 aromatic rings. The molecule has 0 saturated carbocycles. The molecule has 0 aliphatic carbocycles. The lowest BCUT2D eigenvalue weighted by Crippen LogP contribution is -2.41. The molecule has 3 aromatic carbocycles. The third-order valence-electron chi connectivity index (χ3n) is 5.25. The average Bonchev–Trinajstić information content (AvgIpc) is 2.99.